The highest BCUT2D eigenvalue weighted by molar-refractivity contribution is 7.92. The van der Waals surface area contributed by atoms with Gasteiger partial charge in [0.05, 0.1) is 0 Å². The third-order valence-electron chi connectivity index (χ3n) is 3.08. The van der Waals surface area contributed by atoms with Crippen LogP contribution < -0.4 is 10.5 Å². The van der Waals surface area contributed by atoms with E-state index in [9.17, 15) is 8.42 Å². The molecule has 1 aromatic heterocycles. The molecule has 108 valence electrons. The molecular weight excluding hydrogens is 288 g/mol. The number of hydrogen-bond donors (Lipinski definition) is 2. The van der Waals surface area contributed by atoms with Crippen molar-refractivity contribution in [2.75, 3.05) is 4.72 Å². The third-order valence-corrected chi connectivity index (χ3v) is 4.32. The molecule has 0 spiro atoms. The van der Waals surface area contributed by atoms with E-state index >= 15 is 0 Å². The first-order valence-electron chi connectivity index (χ1n) is 6.39. The number of hydrogen-bond acceptors (Lipinski definition) is 4. The zero-order valence-electron chi connectivity index (χ0n) is 11.1. The average Bonchev–Trinajstić information content (AvgIpc) is 2.92. The standard InChI is InChI=1S/C15H14N2O3S/c16-10-11-4-3-6-13(8-11)17-21(18,19)15-9-12-5-1-2-7-14(12)20-15/h1-9,17H,10,16H2. The van der Waals surface area contributed by atoms with Gasteiger partial charge in [-0.3, -0.25) is 4.72 Å². The van der Waals surface area contributed by atoms with E-state index in [-0.39, 0.29) is 5.09 Å². The molecule has 3 rings (SSSR count). The van der Waals surface area contributed by atoms with E-state index in [0.717, 1.165) is 10.9 Å². The van der Waals surface area contributed by atoms with Crippen molar-refractivity contribution < 1.29 is 12.8 Å². The summed E-state index contributed by atoms with van der Waals surface area (Å²) in [6.07, 6.45) is 0. The Balaban J connectivity index is 1.96. The van der Waals surface area contributed by atoms with E-state index < -0.39 is 10.0 Å². The number of fused-ring (bicyclic) bond motifs is 1. The molecule has 0 bridgehead atoms. The lowest BCUT2D eigenvalue weighted by atomic mass is 10.2. The Kier molecular flexibility index (Phi) is 3.40. The van der Waals surface area contributed by atoms with E-state index in [1.54, 1.807) is 36.4 Å². The van der Waals surface area contributed by atoms with Crippen LogP contribution in [0.2, 0.25) is 0 Å². The zero-order valence-corrected chi connectivity index (χ0v) is 11.9. The number of sulfonamides is 1. The van der Waals surface area contributed by atoms with Gasteiger partial charge in [0, 0.05) is 23.7 Å². The smallest absolute Gasteiger partial charge is 0.295 e. The Morgan fingerprint density at radius 3 is 2.62 bits per heavy atom. The molecule has 0 aliphatic carbocycles. The van der Waals surface area contributed by atoms with Gasteiger partial charge in [0.25, 0.3) is 10.0 Å². The minimum absolute atomic E-state index is 0.109. The van der Waals surface area contributed by atoms with Crippen LogP contribution in [0.4, 0.5) is 5.69 Å². The number of furan rings is 1. The summed E-state index contributed by atoms with van der Waals surface area (Å²) in [6, 6.07) is 15.6. The van der Waals surface area contributed by atoms with Crippen LogP contribution in [0, 0.1) is 0 Å². The fourth-order valence-corrected chi connectivity index (χ4v) is 3.08. The van der Waals surface area contributed by atoms with Gasteiger partial charge in [-0.05, 0) is 23.8 Å². The molecule has 0 saturated carbocycles. The van der Waals surface area contributed by atoms with Crippen LogP contribution in [0.5, 0.6) is 0 Å². The zero-order chi connectivity index (χ0) is 14.9. The topological polar surface area (TPSA) is 85.3 Å². The largest absolute Gasteiger partial charge is 0.443 e. The summed E-state index contributed by atoms with van der Waals surface area (Å²) in [5.74, 6) is 0. The molecule has 5 nitrogen and oxygen atoms in total. The minimum Gasteiger partial charge on any atom is -0.443 e. The Hall–Kier alpha value is -2.31. The van der Waals surface area contributed by atoms with Crippen molar-refractivity contribution in [2.24, 2.45) is 5.73 Å². The van der Waals surface area contributed by atoms with Crippen LogP contribution in [0.1, 0.15) is 5.56 Å². The van der Waals surface area contributed by atoms with Crippen LogP contribution in [0.3, 0.4) is 0 Å². The SMILES string of the molecule is NCc1cccc(NS(=O)(=O)c2cc3ccccc3o2)c1. The highest BCUT2D eigenvalue weighted by atomic mass is 32.2. The van der Waals surface area contributed by atoms with Crippen molar-refractivity contribution in [2.45, 2.75) is 11.6 Å². The molecule has 0 amide bonds. The van der Waals surface area contributed by atoms with Gasteiger partial charge in [0.15, 0.2) is 0 Å². The number of benzene rings is 2. The number of nitrogens with one attached hydrogen (secondary N) is 1. The lowest BCUT2D eigenvalue weighted by molar-refractivity contribution is 0.484. The molecule has 0 fully saturated rings. The molecule has 0 aliphatic heterocycles. The van der Waals surface area contributed by atoms with Gasteiger partial charge in [-0.2, -0.15) is 8.42 Å². The molecule has 1 heterocycles. The normalized spacial score (nSPS) is 11.7. The van der Waals surface area contributed by atoms with Crippen LogP contribution >= 0.6 is 0 Å². The van der Waals surface area contributed by atoms with Crippen molar-refractivity contribution >= 4 is 26.7 Å². The molecule has 2 aromatic carbocycles. The fourth-order valence-electron chi connectivity index (χ4n) is 2.06. The summed E-state index contributed by atoms with van der Waals surface area (Å²) < 4.78 is 32.5. The highest BCUT2D eigenvalue weighted by Crippen LogP contribution is 2.24. The molecule has 3 N–H and O–H groups in total. The van der Waals surface area contributed by atoms with Crippen molar-refractivity contribution in [3.8, 4) is 0 Å². The van der Waals surface area contributed by atoms with Gasteiger partial charge in [0.1, 0.15) is 5.58 Å². The first-order valence-corrected chi connectivity index (χ1v) is 7.87. The second-order valence-corrected chi connectivity index (χ2v) is 6.23. The van der Waals surface area contributed by atoms with Crippen LogP contribution in [-0.4, -0.2) is 8.42 Å². The van der Waals surface area contributed by atoms with Gasteiger partial charge >= 0.3 is 0 Å². The quantitative estimate of drug-likeness (QED) is 0.776. The fraction of sp³-hybridized carbons (Fsp3) is 0.0667. The molecule has 0 saturated heterocycles. The van der Waals surface area contributed by atoms with E-state index in [2.05, 4.69) is 4.72 Å². The minimum atomic E-state index is -3.76. The van der Waals surface area contributed by atoms with Crippen molar-refractivity contribution in [3.63, 3.8) is 0 Å². The maximum absolute atomic E-state index is 12.3. The Bertz CT molecular complexity index is 852. The van der Waals surface area contributed by atoms with E-state index in [1.165, 1.54) is 6.07 Å². The first-order chi connectivity index (χ1) is 10.1. The van der Waals surface area contributed by atoms with E-state index in [1.807, 2.05) is 12.1 Å². The number of anilines is 1. The molecule has 0 atom stereocenters. The summed E-state index contributed by atoms with van der Waals surface area (Å²) in [7, 11) is -3.76. The van der Waals surface area contributed by atoms with Gasteiger partial charge in [-0.25, -0.2) is 0 Å². The van der Waals surface area contributed by atoms with Gasteiger partial charge in [0.2, 0.25) is 5.09 Å². The summed E-state index contributed by atoms with van der Waals surface area (Å²) in [6.45, 7) is 0.347. The Morgan fingerprint density at radius 1 is 1.05 bits per heavy atom. The average molecular weight is 302 g/mol. The van der Waals surface area contributed by atoms with Crippen molar-refractivity contribution in [1.29, 1.82) is 0 Å². The second kappa shape index (κ2) is 5.23. The lowest BCUT2D eigenvalue weighted by Gasteiger charge is -2.06. The van der Waals surface area contributed by atoms with Crippen molar-refractivity contribution in [3.05, 3.63) is 60.2 Å². The van der Waals surface area contributed by atoms with Crippen molar-refractivity contribution in [1.82, 2.24) is 0 Å². The predicted octanol–water partition coefficient (Wildman–Crippen LogP) is 2.69. The first kappa shape index (κ1) is 13.7. The molecule has 0 radical (unpaired) electrons. The van der Waals surface area contributed by atoms with E-state index in [0.29, 0.717) is 17.8 Å². The lowest BCUT2D eigenvalue weighted by Crippen LogP contribution is -2.12. The summed E-state index contributed by atoms with van der Waals surface area (Å²) in [5, 5.41) is 0.635. The molecule has 6 heteroatoms. The molecule has 3 aromatic rings. The van der Waals surface area contributed by atoms with Gasteiger partial charge < -0.3 is 10.2 Å². The Morgan fingerprint density at radius 2 is 1.86 bits per heavy atom. The highest BCUT2D eigenvalue weighted by Gasteiger charge is 2.19. The summed E-state index contributed by atoms with van der Waals surface area (Å²) in [5.41, 5.74) is 7.39. The van der Waals surface area contributed by atoms with Gasteiger partial charge in [-0.15, -0.1) is 0 Å². The number of para-hydroxylation sites is 1. The predicted molar refractivity (Wildman–Crippen MR) is 81.4 cm³/mol. The number of rotatable bonds is 4. The Labute approximate surface area is 122 Å². The molecular formula is C15H14N2O3S. The molecule has 0 aliphatic rings. The van der Waals surface area contributed by atoms with Crippen LogP contribution in [-0.2, 0) is 16.6 Å². The van der Waals surface area contributed by atoms with E-state index in [4.69, 9.17) is 10.2 Å². The van der Waals surface area contributed by atoms with Gasteiger partial charge in [-0.1, -0.05) is 30.3 Å². The number of nitrogens with two attached hydrogens (primary N) is 1. The monoisotopic (exact) mass is 302 g/mol. The molecule has 21 heavy (non-hydrogen) atoms. The third kappa shape index (κ3) is 2.76. The maximum Gasteiger partial charge on any atom is 0.295 e. The van der Waals surface area contributed by atoms with Crippen LogP contribution in [0.25, 0.3) is 11.0 Å². The van der Waals surface area contributed by atoms with Crippen LogP contribution in [0.15, 0.2) is 64.1 Å². The summed E-state index contributed by atoms with van der Waals surface area (Å²) >= 11 is 0. The maximum atomic E-state index is 12.3. The second-order valence-electron chi connectivity index (χ2n) is 4.61. The summed E-state index contributed by atoms with van der Waals surface area (Å²) in [4.78, 5) is 0. The molecule has 0 unspecified atom stereocenters.